The molecule has 3 nitrogen and oxygen atoms in total. The van der Waals surface area contributed by atoms with Crippen LogP contribution in [-0.2, 0) is 14.3 Å². The zero-order valence-electron chi connectivity index (χ0n) is 5.13. The van der Waals surface area contributed by atoms with E-state index in [0.29, 0.717) is 13.2 Å². The van der Waals surface area contributed by atoms with Crippen molar-refractivity contribution in [1.82, 2.24) is 0 Å². The molecule has 1 radical (unpaired) electrons. The van der Waals surface area contributed by atoms with Crippen molar-refractivity contribution in [3.63, 3.8) is 0 Å². The Labute approximate surface area is 54.3 Å². The third-order valence-electron chi connectivity index (χ3n) is 0.624. The summed E-state index contributed by atoms with van der Waals surface area (Å²) in [6, 6.07) is 0. The lowest BCUT2D eigenvalue weighted by atomic mass is 10.7. The molecule has 0 spiro atoms. The van der Waals surface area contributed by atoms with Crippen molar-refractivity contribution >= 4 is 6.47 Å². The summed E-state index contributed by atoms with van der Waals surface area (Å²) in [6.07, 6.45) is 1.63. The molecule has 9 heavy (non-hydrogen) atoms. The molecule has 0 amide bonds. The molecule has 0 aromatic rings. The van der Waals surface area contributed by atoms with Crippen LogP contribution in [-0.4, -0.2) is 26.3 Å². The molecule has 0 saturated heterocycles. The third-order valence-corrected chi connectivity index (χ3v) is 0.624. The van der Waals surface area contributed by atoms with Crippen molar-refractivity contribution in [2.45, 2.75) is 0 Å². The van der Waals surface area contributed by atoms with Gasteiger partial charge in [0.1, 0.15) is 6.61 Å². The van der Waals surface area contributed by atoms with Crippen LogP contribution in [0, 0.1) is 0 Å². The fourth-order valence-electron chi connectivity index (χ4n) is 0.309. The summed E-state index contributed by atoms with van der Waals surface area (Å²) in [4.78, 5) is 9.41. The van der Waals surface area contributed by atoms with E-state index in [2.05, 4.69) is 11.3 Å². The zero-order chi connectivity index (χ0) is 6.95. The molecule has 0 bridgehead atoms. The first kappa shape index (κ1) is 8.17. The number of ether oxygens (including phenoxy) is 2. The van der Waals surface area contributed by atoms with Gasteiger partial charge in [0.25, 0.3) is 0 Å². The van der Waals surface area contributed by atoms with Crippen LogP contribution < -0.4 is 0 Å². The molecule has 0 aliphatic heterocycles. The molecule has 0 heterocycles. The molecule has 0 aliphatic rings. The summed E-state index contributed by atoms with van der Waals surface area (Å²) in [7, 11) is 0. The van der Waals surface area contributed by atoms with Crippen LogP contribution in [0.2, 0.25) is 0 Å². The first-order valence-corrected chi connectivity index (χ1v) is 2.59. The fourth-order valence-corrected chi connectivity index (χ4v) is 0.309. The molecule has 0 rings (SSSR count). The quantitative estimate of drug-likeness (QED) is 0.381. The fraction of sp³-hybridized carbons (Fsp3) is 0.500. The summed E-state index contributed by atoms with van der Waals surface area (Å²) in [5.41, 5.74) is 0. The Hall–Kier alpha value is -0.830. The first-order chi connectivity index (χ1) is 4.41. The summed E-state index contributed by atoms with van der Waals surface area (Å²) < 4.78 is 9.08. The minimum absolute atomic E-state index is 0.261. The predicted octanol–water partition coefficient (Wildman–Crippen LogP) is 0.273. The highest BCUT2D eigenvalue weighted by atomic mass is 16.5. The summed E-state index contributed by atoms with van der Waals surface area (Å²) in [6.45, 7) is 5.88. The van der Waals surface area contributed by atoms with E-state index in [1.165, 1.54) is 6.47 Å². The zero-order valence-corrected chi connectivity index (χ0v) is 5.13. The van der Waals surface area contributed by atoms with Gasteiger partial charge < -0.3 is 9.47 Å². The molecule has 0 atom stereocenters. The van der Waals surface area contributed by atoms with E-state index in [1.807, 2.05) is 0 Å². The van der Waals surface area contributed by atoms with E-state index in [1.54, 1.807) is 6.08 Å². The molecule has 0 saturated carbocycles. The minimum Gasteiger partial charge on any atom is -0.455 e. The van der Waals surface area contributed by atoms with Gasteiger partial charge in [-0.1, -0.05) is 6.08 Å². The highest BCUT2D eigenvalue weighted by molar-refractivity contribution is 5.37. The molecule has 0 aromatic heterocycles. The Kier molecular flexibility index (Phi) is 6.51. The molecule has 51 valence electrons. The summed E-state index contributed by atoms with van der Waals surface area (Å²) >= 11 is 0. The predicted molar refractivity (Wildman–Crippen MR) is 32.7 cm³/mol. The van der Waals surface area contributed by atoms with Crippen molar-refractivity contribution in [3.05, 3.63) is 12.7 Å². The van der Waals surface area contributed by atoms with Gasteiger partial charge in [0, 0.05) is 0 Å². The smallest absolute Gasteiger partial charge is 0.417 e. The molecular weight excluding hydrogens is 120 g/mol. The Bertz CT molecular complexity index is 70.4. The van der Waals surface area contributed by atoms with Crippen molar-refractivity contribution in [2.75, 3.05) is 19.8 Å². The second-order valence-corrected chi connectivity index (χ2v) is 1.30. The van der Waals surface area contributed by atoms with E-state index in [9.17, 15) is 4.79 Å². The van der Waals surface area contributed by atoms with Crippen molar-refractivity contribution in [1.29, 1.82) is 0 Å². The largest absolute Gasteiger partial charge is 0.455 e. The van der Waals surface area contributed by atoms with E-state index in [-0.39, 0.29) is 6.61 Å². The normalized spacial score (nSPS) is 8.44. The number of hydrogen-bond acceptors (Lipinski definition) is 3. The second kappa shape index (κ2) is 7.17. The number of rotatable bonds is 6. The maximum atomic E-state index is 9.41. The van der Waals surface area contributed by atoms with Gasteiger partial charge in [-0.25, -0.2) is 4.79 Å². The number of carbonyl (C=O) groups excluding carboxylic acids is 1. The molecule has 0 unspecified atom stereocenters. The van der Waals surface area contributed by atoms with Crippen LogP contribution in [0.25, 0.3) is 0 Å². The van der Waals surface area contributed by atoms with E-state index >= 15 is 0 Å². The lowest BCUT2D eigenvalue weighted by Gasteiger charge is -1.96. The Balaban J connectivity index is 2.74. The van der Waals surface area contributed by atoms with Crippen LogP contribution in [0.5, 0.6) is 0 Å². The summed E-state index contributed by atoms with van der Waals surface area (Å²) in [5, 5.41) is 0. The lowest BCUT2D eigenvalue weighted by Crippen LogP contribution is -2.02. The summed E-state index contributed by atoms with van der Waals surface area (Å²) in [5.74, 6) is 0. The van der Waals surface area contributed by atoms with E-state index < -0.39 is 0 Å². The van der Waals surface area contributed by atoms with Crippen LogP contribution in [0.3, 0.4) is 0 Å². The van der Waals surface area contributed by atoms with Crippen molar-refractivity contribution in [3.8, 4) is 0 Å². The van der Waals surface area contributed by atoms with Gasteiger partial charge in [-0.2, -0.15) is 0 Å². The van der Waals surface area contributed by atoms with Gasteiger partial charge in [-0.3, -0.25) is 0 Å². The molecular formula is C6H9O3. The average Bonchev–Trinajstić information content (AvgIpc) is 1.89. The van der Waals surface area contributed by atoms with Crippen LogP contribution in [0.4, 0.5) is 0 Å². The molecule has 0 fully saturated rings. The Morgan fingerprint density at radius 3 is 2.89 bits per heavy atom. The van der Waals surface area contributed by atoms with Crippen LogP contribution in [0.15, 0.2) is 12.7 Å². The highest BCUT2D eigenvalue weighted by Gasteiger charge is 1.83. The maximum Gasteiger partial charge on any atom is 0.417 e. The maximum absolute atomic E-state index is 9.41. The van der Waals surface area contributed by atoms with Crippen molar-refractivity contribution < 1.29 is 14.3 Å². The molecule has 0 aromatic carbocycles. The standard InChI is InChI=1S/C6H9O3/c1-2-3-8-4-5-9-6-7/h2H,1,3-5H2. The monoisotopic (exact) mass is 129 g/mol. The van der Waals surface area contributed by atoms with Crippen molar-refractivity contribution in [2.24, 2.45) is 0 Å². The van der Waals surface area contributed by atoms with E-state index in [4.69, 9.17) is 4.74 Å². The molecule has 0 aliphatic carbocycles. The first-order valence-electron chi connectivity index (χ1n) is 2.59. The SMILES string of the molecule is C=CCOCCO[C]=O. The topological polar surface area (TPSA) is 35.5 Å². The van der Waals surface area contributed by atoms with Crippen LogP contribution >= 0.6 is 0 Å². The van der Waals surface area contributed by atoms with Crippen LogP contribution in [0.1, 0.15) is 0 Å². The Morgan fingerprint density at radius 1 is 1.56 bits per heavy atom. The number of hydrogen-bond donors (Lipinski definition) is 0. The van der Waals surface area contributed by atoms with Gasteiger partial charge in [-0.15, -0.1) is 6.58 Å². The molecule has 0 N–H and O–H groups in total. The lowest BCUT2D eigenvalue weighted by molar-refractivity contribution is 0.114. The third kappa shape index (κ3) is 7.17. The average molecular weight is 129 g/mol. The van der Waals surface area contributed by atoms with Gasteiger partial charge in [0.05, 0.1) is 13.2 Å². The van der Waals surface area contributed by atoms with Gasteiger partial charge in [-0.05, 0) is 0 Å². The minimum atomic E-state index is 0.261. The highest BCUT2D eigenvalue weighted by Crippen LogP contribution is 1.74. The van der Waals surface area contributed by atoms with E-state index in [0.717, 1.165) is 0 Å². The Morgan fingerprint density at radius 2 is 2.33 bits per heavy atom. The second-order valence-electron chi connectivity index (χ2n) is 1.30. The van der Waals surface area contributed by atoms with Gasteiger partial charge in [0.15, 0.2) is 0 Å². The van der Waals surface area contributed by atoms with Gasteiger partial charge >= 0.3 is 6.47 Å². The van der Waals surface area contributed by atoms with Gasteiger partial charge in [0.2, 0.25) is 0 Å². The molecule has 3 heteroatoms.